The van der Waals surface area contributed by atoms with Gasteiger partial charge in [-0.15, -0.1) is 0 Å². The van der Waals surface area contributed by atoms with Crippen LogP contribution >= 0.6 is 0 Å². The number of halogens is 2. The van der Waals surface area contributed by atoms with Crippen molar-refractivity contribution in [3.8, 4) is 34.7 Å². The third-order valence-electron chi connectivity index (χ3n) is 10.7. The fourth-order valence-corrected chi connectivity index (χ4v) is 7.60. The molecule has 0 saturated carbocycles. The number of hydrogen-bond acceptors (Lipinski definition) is 12. The average Bonchev–Trinajstić information content (AvgIpc) is 4.15. The smallest absolute Gasteiger partial charge is 0.250 e. The Hall–Kier alpha value is -8.16. The quantitative estimate of drug-likeness (QED) is 0.163. The van der Waals surface area contributed by atoms with Crippen LogP contribution in [0.5, 0.6) is 0 Å². The highest BCUT2D eigenvalue weighted by Crippen LogP contribution is 2.41. The van der Waals surface area contributed by atoms with Gasteiger partial charge in [-0.1, -0.05) is 21.3 Å². The number of fused-ring (bicyclic) bond motifs is 2. The molecule has 6 aromatic heterocycles. The Morgan fingerprint density at radius 2 is 0.984 bits per heavy atom. The maximum Gasteiger partial charge on any atom is 0.250 e. The molecule has 2 aliphatic rings. The molecule has 8 aromatic rings. The number of amides is 2. The Morgan fingerprint density at radius 3 is 1.33 bits per heavy atom. The van der Waals surface area contributed by atoms with Crippen molar-refractivity contribution in [2.75, 3.05) is 33.7 Å². The zero-order valence-electron chi connectivity index (χ0n) is 33.8. The van der Waals surface area contributed by atoms with Gasteiger partial charge in [-0.25, -0.2) is 28.7 Å². The second-order valence-corrected chi connectivity index (χ2v) is 14.3. The topological polar surface area (TPSA) is 192 Å². The summed E-state index contributed by atoms with van der Waals surface area (Å²) < 4.78 is 30.2. The van der Waals surface area contributed by atoms with Gasteiger partial charge in [-0.2, -0.15) is 20.2 Å². The van der Waals surface area contributed by atoms with Gasteiger partial charge in [0.15, 0.2) is 11.6 Å². The van der Waals surface area contributed by atoms with Crippen LogP contribution < -0.4 is 19.6 Å². The van der Waals surface area contributed by atoms with E-state index in [2.05, 4.69) is 40.3 Å². The van der Waals surface area contributed by atoms with E-state index in [0.29, 0.717) is 59.4 Å². The van der Waals surface area contributed by atoms with Crippen molar-refractivity contribution in [3.05, 3.63) is 122 Å². The second kappa shape index (κ2) is 17.1. The van der Waals surface area contributed by atoms with Crippen molar-refractivity contribution in [3.63, 3.8) is 0 Å². The predicted octanol–water partition coefficient (Wildman–Crippen LogP) is 6.81. The standard InChI is InChI=1S/2C21H19FN8O.CH4/c2*1-3-16-20(31)28(2)17-12-24-21(27-19(17)30(16)15-10-25-26-11-15)29-9-8-23-18(29)13-4-6-14(22)7-5-13;/h2*4-12,16H,3H2,1-2H3,(H,25,26);1H4/t2*16-;/m10./s1. The summed E-state index contributed by atoms with van der Waals surface area (Å²) >= 11 is 0. The lowest BCUT2D eigenvalue weighted by Gasteiger charge is -2.39. The molecule has 0 unspecified atom stereocenters. The normalized spacial score (nSPS) is 15.7. The molecule has 0 fully saturated rings. The second-order valence-electron chi connectivity index (χ2n) is 14.3. The molecule has 0 spiro atoms. The lowest BCUT2D eigenvalue weighted by atomic mass is 10.1. The molecule has 0 saturated heterocycles. The van der Waals surface area contributed by atoms with Crippen LogP contribution in [0, 0.1) is 11.6 Å². The monoisotopic (exact) mass is 852 g/mol. The van der Waals surface area contributed by atoms with Crippen molar-refractivity contribution in [2.24, 2.45) is 0 Å². The van der Waals surface area contributed by atoms with E-state index in [1.54, 1.807) is 119 Å². The number of likely N-dealkylation sites (N-methyl/N-ethyl adjacent to an activating group) is 2. The molecule has 2 amide bonds. The minimum Gasteiger partial charge on any atom is -0.309 e. The number of H-pyrrole nitrogens is 2. The van der Waals surface area contributed by atoms with E-state index in [1.807, 2.05) is 23.6 Å². The van der Waals surface area contributed by atoms with Crippen molar-refractivity contribution in [2.45, 2.75) is 46.2 Å². The fraction of sp³-hybridized carbons (Fsp3) is 0.209. The highest BCUT2D eigenvalue weighted by molar-refractivity contribution is 6.07. The Labute approximate surface area is 359 Å². The summed E-state index contributed by atoms with van der Waals surface area (Å²) in [6.45, 7) is 3.91. The van der Waals surface area contributed by atoms with Crippen LogP contribution in [0.1, 0.15) is 34.1 Å². The number of carbonyl (C=O) groups excluding carboxylic acids is 2. The van der Waals surface area contributed by atoms with Gasteiger partial charge in [-0.3, -0.25) is 28.9 Å². The van der Waals surface area contributed by atoms with E-state index in [9.17, 15) is 18.4 Å². The number of imidazole rings is 2. The number of anilines is 6. The van der Waals surface area contributed by atoms with E-state index in [1.165, 1.54) is 24.3 Å². The third kappa shape index (κ3) is 7.40. The summed E-state index contributed by atoms with van der Waals surface area (Å²) in [7, 11) is 3.45. The zero-order chi connectivity index (χ0) is 43.1. The van der Waals surface area contributed by atoms with E-state index < -0.39 is 12.1 Å². The largest absolute Gasteiger partial charge is 0.309 e. The summed E-state index contributed by atoms with van der Waals surface area (Å²) in [6.07, 6.45) is 18.0. The third-order valence-corrected chi connectivity index (χ3v) is 10.7. The summed E-state index contributed by atoms with van der Waals surface area (Å²) in [5.41, 5.74) is 4.15. The molecule has 2 aliphatic heterocycles. The molecule has 2 aromatic carbocycles. The summed E-state index contributed by atoms with van der Waals surface area (Å²) in [5.74, 6) is 2.43. The lowest BCUT2D eigenvalue weighted by Crippen LogP contribution is -2.50. The molecule has 18 nitrogen and oxygen atoms in total. The summed E-state index contributed by atoms with van der Waals surface area (Å²) in [5, 5.41) is 13.7. The number of nitrogens with one attached hydrogen (secondary N) is 2. The van der Waals surface area contributed by atoms with E-state index in [0.717, 1.165) is 22.5 Å². The summed E-state index contributed by atoms with van der Waals surface area (Å²) in [4.78, 5) is 60.2. The van der Waals surface area contributed by atoms with E-state index in [-0.39, 0.29) is 30.9 Å². The van der Waals surface area contributed by atoms with E-state index in [4.69, 9.17) is 9.97 Å². The number of benzene rings is 2. The molecular formula is C43H42F2N16O2. The number of hydrogen-bond donors (Lipinski definition) is 2. The molecular weight excluding hydrogens is 811 g/mol. The predicted molar refractivity (Wildman–Crippen MR) is 232 cm³/mol. The average molecular weight is 853 g/mol. The molecule has 2 atom stereocenters. The first-order valence-electron chi connectivity index (χ1n) is 19.6. The molecule has 0 radical (unpaired) electrons. The minimum atomic E-state index is -0.419. The molecule has 8 heterocycles. The van der Waals surface area contributed by atoms with Crippen LogP contribution in [-0.4, -0.2) is 97.4 Å². The number of carbonyl (C=O) groups is 2. The maximum absolute atomic E-state index is 13.4. The molecule has 63 heavy (non-hydrogen) atoms. The molecule has 0 aliphatic carbocycles. The number of nitrogens with zero attached hydrogens (tertiary/aromatic N) is 14. The first kappa shape index (κ1) is 41.6. The van der Waals surface area contributed by atoms with Gasteiger partial charge >= 0.3 is 0 Å². The van der Waals surface area contributed by atoms with Crippen LogP contribution in [0.3, 0.4) is 0 Å². The number of aromatic nitrogens is 12. The van der Waals surface area contributed by atoms with Crippen molar-refractivity contribution in [1.29, 1.82) is 0 Å². The van der Waals surface area contributed by atoms with Gasteiger partial charge in [0.1, 0.15) is 46.7 Å². The first-order chi connectivity index (χ1) is 30.2. The van der Waals surface area contributed by atoms with Crippen LogP contribution in [0.15, 0.2) is 110 Å². The zero-order valence-corrected chi connectivity index (χ0v) is 33.8. The van der Waals surface area contributed by atoms with Crippen molar-refractivity contribution < 1.29 is 18.4 Å². The maximum atomic E-state index is 13.4. The SMILES string of the molecule is C.CC[C@@H]1C(=O)N(C)c2cnc(-n3ccnc3-c3ccc(F)cc3)nc2N1c1cn[nH]c1.CC[C@H]1C(=O)N(C)c2cnc(-n3ccnc3-c3ccc(F)cc3)nc2N1c1cn[nH]c1. The van der Waals surface area contributed by atoms with Gasteiger partial charge in [0.05, 0.1) is 36.2 Å². The van der Waals surface area contributed by atoms with Crippen molar-refractivity contribution >= 4 is 46.2 Å². The lowest BCUT2D eigenvalue weighted by molar-refractivity contribution is -0.120. The van der Waals surface area contributed by atoms with Crippen LogP contribution in [0.25, 0.3) is 34.7 Å². The molecule has 20 heteroatoms. The van der Waals surface area contributed by atoms with Crippen LogP contribution in [-0.2, 0) is 9.59 Å². The van der Waals surface area contributed by atoms with E-state index >= 15 is 0 Å². The van der Waals surface area contributed by atoms with Crippen molar-refractivity contribution in [1.82, 2.24) is 59.4 Å². The van der Waals surface area contributed by atoms with Gasteiger partial charge in [0.25, 0.3) is 0 Å². The van der Waals surface area contributed by atoms with Crippen LogP contribution in [0.4, 0.5) is 43.2 Å². The van der Waals surface area contributed by atoms with Gasteiger partial charge in [-0.05, 0) is 61.4 Å². The van der Waals surface area contributed by atoms with Gasteiger partial charge in [0, 0.05) is 62.4 Å². The Bertz CT molecular complexity index is 2670. The Kier molecular flexibility index (Phi) is 11.3. The highest BCUT2D eigenvalue weighted by atomic mass is 19.1. The number of rotatable bonds is 8. The molecule has 320 valence electrons. The molecule has 10 rings (SSSR count). The molecule has 0 bridgehead atoms. The molecule has 2 N–H and O–H groups in total. The van der Waals surface area contributed by atoms with Gasteiger partial charge < -0.3 is 19.6 Å². The number of aromatic amines is 2. The first-order valence-corrected chi connectivity index (χ1v) is 19.6. The van der Waals surface area contributed by atoms with Gasteiger partial charge in [0.2, 0.25) is 23.7 Å². The summed E-state index contributed by atoms with van der Waals surface area (Å²) in [6, 6.07) is 11.3. The highest BCUT2D eigenvalue weighted by Gasteiger charge is 2.40. The Balaban J connectivity index is 0.000000170. The van der Waals surface area contributed by atoms with Crippen LogP contribution in [0.2, 0.25) is 0 Å². The minimum absolute atomic E-state index is 0. The fourth-order valence-electron chi connectivity index (χ4n) is 7.60. The Morgan fingerprint density at radius 1 is 0.587 bits per heavy atom.